The van der Waals surface area contributed by atoms with Gasteiger partial charge in [-0.15, -0.1) is 0 Å². The molecule has 3 aromatic rings. The van der Waals surface area contributed by atoms with Gasteiger partial charge in [-0.05, 0) is 64.9 Å². The van der Waals surface area contributed by atoms with Crippen LogP contribution in [0.15, 0.2) is 40.9 Å². The van der Waals surface area contributed by atoms with Crippen LogP contribution in [0.25, 0.3) is 16.7 Å². The van der Waals surface area contributed by atoms with Crippen LogP contribution in [-0.4, -0.2) is 9.55 Å². The van der Waals surface area contributed by atoms with Crippen molar-refractivity contribution < 1.29 is 0 Å². The number of nitrogens with one attached hydrogen (secondary N) is 1. The summed E-state index contributed by atoms with van der Waals surface area (Å²) in [5.41, 5.74) is 4.01. The minimum atomic E-state index is 0.632. The highest BCUT2D eigenvalue weighted by molar-refractivity contribution is 9.10. The molecule has 5 heteroatoms. The van der Waals surface area contributed by atoms with E-state index in [-0.39, 0.29) is 0 Å². The Kier molecular flexibility index (Phi) is 3.25. The quantitative estimate of drug-likeness (QED) is 0.580. The fraction of sp³-hybridized carbons (Fsp3) is 0.0714. The maximum Gasteiger partial charge on any atom is 0.182 e. The molecule has 1 heterocycles. The first kappa shape index (κ1) is 12.9. The molecular formula is C14H10BrClN2S. The standard InChI is InChI=1S/C14H10BrClN2S/c1-8-5-6-12(9(15)7-8)18-13-10(16)3-2-4-11(13)17-14(18)19/h2-7H,1H3,(H,17,19). The summed E-state index contributed by atoms with van der Waals surface area (Å²) < 4.78 is 3.58. The summed E-state index contributed by atoms with van der Waals surface area (Å²) in [6, 6.07) is 11.9. The van der Waals surface area contributed by atoms with Gasteiger partial charge in [0.25, 0.3) is 0 Å². The van der Waals surface area contributed by atoms with Crippen LogP contribution in [-0.2, 0) is 0 Å². The Hall–Kier alpha value is -1.10. The first-order valence-electron chi connectivity index (χ1n) is 5.73. The Bertz CT molecular complexity index is 835. The minimum absolute atomic E-state index is 0.632. The van der Waals surface area contributed by atoms with Crippen LogP contribution < -0.4 is 0 Å². The third-order valence-corrected chi connectivity index (χ3v) is 4.22. The fourth-order valence-corrected chi connectivity index (χ4v) is 3.37. The Morgan fingerprint density at radius 1 is 1.26 bits per heavy atom. The van der Waals surface area contributed by atoms with Crippen LogP contribution in [0.4, 0.5) is 0 Å². The predicted molar refractivity (Wildman–Crippen MR) is 85.9 cm³/mol. The zero-order chi connectivity index (χ0) is 13.6. The molecule has 3 rings (SSSR count). The molecule has 0 saturated heterocycles. The van der Waals surface area contributed by atoms with Gasteiger partial charge in [-0.25, -0.2) is 0 Å². The molecule has 0 bridgehead atoms. The summed E-state index contributed by atoms with van der Waals surface area (Å²) in [5, 5.41) is 0.678. The SMILES string of the molecule is Cc1ccc(-n2c(=S)[nH]c3cccc(Cl)c32)c(Br)c1. The van der Waals surface area contributed by atoms with E-state index in [0.717, 1.165) is 21.2 Å². The van der Waals surface area contributed by atoms with Gasteiger partial charge in [0.15, 0.2) is 4.77 Å². The van der Waals surface area contributed by atoms with Crippen molar-refractivity contribution in [1.29, 1.82) is 0 Å². The molecule has 96 valence electrons. The fourth-order valence-electron chi connectivity index (χ4n) is 2.14. The average molecular weight is 354 g/mol. The van der Waals surface area contributed by atoms with E-state index in [1.165, 1.54) is 5.56 Å². The molecule has 2 nitrogen and oxygen atoms in total. The molecular weight excluding hydrogens is 344 g/mol. The van der Waals surface area contributed by atoms with Crippen molar-refractivity contribution in [2.75, 3.05) is 0 Å². The van der Waals surface area contributed by atoms with Crippen LogP contribution in [0, 0.1) is 11.7 Å². The molecule has 0 aliphatic heterocycles. The Morgan fingerprint density at radius 3 is 2.79 bits per heavy atom. The molecule has 0 spiro atoms. The van der Waals surface area contributed by atoms with Crippen molar-refractivity contribution in [2.45, 2.75) is 6.92 Å². The largest absolute Gasteiger partial charge is 0.330 e. The second-order valence-electron chi connectivity index (χ2n) is 4.36. The van der Waals surface area contributed by atoms with E-state index >= 15 is 0 Å². The van der Waals surface area contributed by atoms with Crippen LogP contribution >= 0.6 is 39.7 Å². The number of hydrogen-bond acceptors (Lipinski definition) is 1. The van der Waals surface area contributed by atoms with Crippen molar-refractivity contribution in [1.82, 2.24) is 9.55 Å². The lowest BCUT2D eigenvalue weighted by Crippen LogP contribution is -1.96. The summed E-state index contributed by atoms with van der Waals surface area (Å²) >= 11 is 15.3. The summed E-state index contributed by atoms with van der Waals surface area (Å²) in [4.78, 5) is 3.18. The number of hydrogen-bond donors (Lipinski definition) is 1. The number of imidazole rings is 1. The van der Waals surface area contributed by atoms with E-state index in [4.69, 9.17) is 23.8 Å². The summed E-state index contributed by atoms with van der Waals surface area (Å²) in [5.74, 6) is 0. The first-order chi connectivity index (χ1) is 9.08. The smallest absolute Gasteiger partial charge is 0.182 e. The van der Waals surface area contributed by atoms with Crippen molar-refractivity contribution in [3.8, 4) is 5.69 Å². The van der Waals surface area contributed by atoms with Gasteiger partial charge >= 0.3 is 0 Å². The van der Waals surface area contributed by atoms with Gasteiger partial charge in [0.1, 0.15) is 0 Å². The number of aromatic amines is 1. The Labute approximate surface area is 129 Å². The topological polar surface area (TPSA) is 20.7 Å². The number of fused-ring (bicyclic) bond motifs is 1. The highest BCUT2D eigenvalue weighted by atomic mass is 79.9. The average Bonchev–Trinajstić information content (AvgIpc) is 2.67. The van der Waals surface area contributed by atoms with E-state index in [0.29, 0.717) is 9.79 Å². The number of para-hydroxylation sites is 1. The molecule has 1 N–H and O–H groups in total. The van der Waals surface area contributed by atoms with Crippen molar-refractivity contribution in [2.24, 2.45) is 0 Å². The molecule has 0 aliphatic rings. The molecule has 0 atom stereocenters. The highest BCUT2D eigenvalue weighted by Gasteiger charge is 2.11. The first-order valence-corrected chi connectivity index (χ1v) is 7.31. The van der Waals surface area contributed by atoms with Crippen molar-refractivity contribution in [3.05, 3.63) is 56.2 Å². The molecule has 0 aliphatic carbocycles. The lowest BCUT2D eigenvalue weighted by atomic mass is 10.2. The monoisotopic (exact) mass is 352 g/mol. The zero-order valence-corrected chi connectivity index (χ0v) is 13.2. The molecule has 0 fully saturated rings. The van der Waals surface area contributed by atoms with Gasteiger partial charge in [0.05, 0.1) is 21.7 Å². The minimum Gasteiger partial charge on any atom is -0.330 e. The Morgan fingerprint density at radius 2 is 2.05 bits per heavy atom. The molecule has 0 saturated carbocycles. The summed E-state index contributed by atoms with van der Waals surface area (Å²) in [6.45, 7) is 2.05. The van der Waals surface area contributed by atoms with E-state index in [9.17, 15) is 0 Å². The number of benzene rings is 2. The maximum atomic E-state index is 6.31. The van der Waals surface area contributed by atoms with Gasteiger partial charge in [-0.3, -0.25) is 4.57 Å². The van der Waals surface area contributed by atoms with E-state index < -0.39 is 0 Å². The number of halogens is 2. The molecule has 0 amide bonds. The van der Waals surface area contributed by atoms with Crippen LogP contribution in [0.1, 0.15) is 5.56 Å². The van der Waals surface area contributed by atoms with E-state index in [1.807, 2.05) is 28.8 Å². The second kappa shape index (κ2) is 4.78. The number of aryl methyl sites for hydroxylation is 1. The lowest BCUT2D eigenvalue weighted by molar-refractivity contribution is 1.05. The van der Waals surface area contributed by atoms with Gasteiger partial charge in [-0.1, -0.05) is 23.7 Å². The summed E-state index contributed by atoms with van der Waals surface area (Å²) in [6.07, 6.45) is 0. The second-order valence-corrected chi connectivity index (χ2v) is 6.00. The molecule has 2 aromatic carbocycles. The number of rotatable bonds is 1. The van der Waals surface area contributed by atoms with E-state index in [2.05, 4.69) is 40.0 Å². The number of H-pyrrole nitrogens is 1. The predicted octanol–water partition coefficient (Wildman–Crippen LogP) is 5.41. The normalized spacial score (nSPS) is 11.1. The number of nitrogens with zero attached hydrogens (tertiary/aromatic N) is 1. The molecule has 0 unspecified atom stereocenters. The highest BCUT2D eigenvalue weighted by Crippen LogP contribution is 2.30. The molecule has 0 radical (unpaired) electrons. The van der Waals surface area contributed by atoms with Crippen LogP contribution in [0.5, 0.6) is 0 Å². The number of aromatic nitrogens is 2. The summed E-state index contributed by atoms with van der Waals surface area (Å²) in [7, 11) is 0. The molecule has 1 aromatic heterocycles. The maximum absolute atomic E-state index is 6.31. The third-order valence-electron chi connectivity index (χ3n) is 3.00. The third kappa shape index (κ3) is 2.14. The van der Waals surface area contributed by atoms with Crippen molar-refractivity contribution >= 4 is 50.8 Å². The van der Waals surface area contributed by atoms with Crippen molar-refractivity contribution in [3.63, 3.8) is 0 Å². The van der Waals surface area contributed by atoms with Gasteiger partial charge in [0, 0.05) is 4.47 Å². The van der Waals surface area contributed by atoms with Crippen LogP contribution in [0.3, 0.4) is 0 Å². The van der Waals surface area contributed by atoms with Gasteiger partial charge < -0.3 is 4.98 Å². The van der Waals surface area contributed by atoms with Crippen LogP contribution in [0.2, 0.25) is 5.02 Å². The molecule has 19 heavy (non-hydrogen) atoms. The lowest BCUT2D eigenvalue weighted by Gasteiger charge is -2.09. The van der Waals surface area contributed by atoms with Gasteiger partial charge in [-0.2, -0.15) is 0 Å². The van der Waals surface area contributed by atoms with E-state index in [1.54, 1.807) is 0 Å². The van der Waals surface area contributed by atoms with Gasteiger partial charge in [0.2, 0.25) is 0 Å². The Balaban J connectivity index is 2.42. The zero-order valence-electron chi connectivity index (χ0n) is 10.1.